The highest BCUT2D eigenvalue weighted by Crippen LogP contribution is 2.36. The summed E-state index contributed by atoms with van der Waals surface area (Å²) in [6, 6.07) is 16.2. The van der Waals surface area contributed by atoms with E-state index in [4.69, 9.17) is 0 Å². The second-order valence-corrected chi connectivity index (χ2v) is 10.0. The van der Waals surface area contributed by atoms with E-state index in [1.165, 1.54) is 37.3 Å². The minimum Gasteiger partial charge on any atom is -0.347 e. The van der Waals surface area contributed by atoms with Crippen LogP contribution < -0.4 is 5.32 Å². The minimum atomic E-state index is 0.0188. The topological polar surface area (TPSA) is 52.7 Å². The second-order valence-electron chi connectivity index (χ2n) is 8.95. The first-order chi connectivity index (χ1) is 15.5. The Morgan fingerprint density at radius 1 is 1.12 bits per heavy atom. The van der Waals surface area contributed by atoms with E-state index in [0.717, 1.165) is 32.6 Å². The Morgan fingerprint density at radius 2 is 1.91 bits per heavy atom. The zero-order valence-electron chi connectivity index (χ0n) is 18.6. The molecule has 3 aromatic rings. The van der Waals surface area contributed by atoms with Crippen LogP contribution >= 0.6 is 11.3 Å². The van der Waals surface area contributed by atoms with E-state index in [1.54, 1.807) is 4.90 Å². The Morgan fingerprint density at radius 3 is 2.62 bits per heavy atom. The number of carbonyl (C=O) groups excluding carboxylic acids is 2. The van der Waals surface area contributed by atoms with Crippen molar-refractivity contribution in [3.8, 4) is 11.1 Å². The average molecular weight is 448 g/mol. The van der Waals surface area contributed by atoms with Gasteiger partial charge in [0.15, 0.2) is 0 Å². The molecule has 0 saturated carbocycles. The summed E-state index contributed by atoms with van der Waals surface area (Å²) in [5, 5.41) is 4.37. The van der Waals surface area contributed by atoms with Crippen LogP contribution in [0.15, 0.2) is 48.5 Å². The molecule has 0 radical (unpaired) electrons. The maximum absolute atomic E-state index is 13.1. The number of hydrogen-bond acceptors (Lipinski definition) is 4. The lowest BCUT2D eigenvalue weighted by Gasteiger charge is -2.44. The van der Waals surface area contributed by atoms with E-state index >= 15 is 0 Å². The van der Waals surface area contributed by atoms with Crippen LogP contribution in [-0.4, -0.2) is 60.9 Å². The number of benzene rings is 2. The Kier molecular flexibility index (Phi) is 5.74. The summed E-state index contributed by atoms with van der Waals surface area (Å²) in [7, 11) is 1.81. The highest BCUT2D eigenvalue weighted by molar-refractivity contribution is 7.21. The van der Waals surface area contributed by atoms with Gasteiger partial charge in [-0.05, 0) is 73.5 Å². The maximum atomic E-state index is 13.1. The first-order valence-electron chi connectivity index (χ1n) is 11.4. The molecule has 1 aromatic heterocycles. The molecule has 32 heavy (non-hydrogen) atoms. The molecule has 2 aromatic carbocycles. The summed E-state index contributed by atoms with van der Waals surface area (Å²) in [5.74, 6) is 0.658. The third kappa shape index (κ3) is 3.93. The van der Waals surface area contributed by atoms with Gasteiger partial charge in [-0.2, -0.15) is 0 Å². The lowest BCUT2D eigenvalue weighted by Crippen LogP contribution is -2.57. The van der Waals surface area contributed by atoms with E-state index in [-0.39, 0.29) is 17.9 Å². The fourth-order valence-corrected chi connectivity index (χ4v) is 6.05. The van der Waals surface area contributed by atoms with Gasteiger partial charge >= 0.3 is 0 Å². The van der Waals surface area contributed by atoms with Crippen molar-refractivity contribution in [1.29, 1.82) is 0 Å². The van der Waals surface area contributed by atoms with Crippen molar-refractivity contribution in [1.82, 2.24) is 15.1 Å². The van der Waals surface area contributed by atoms with E-state index in [1.807, 2.05) is 50.4 Å². The molecule has 0 spiro atoms. The van der Waals surface area contributed by atoms with Crippen LogP contribution in [0.5, 0.6) is 0 Å². The number of rotatable bonds is 5. The summed E-state index contributed by atoms with van der Waals surface area (Å²) in [5.41, 5.74) is 2.74. The predicted molar refractivity (Wildman–Crippen MR) is 130 cm³/mol. The van der Waals surface area contributed by atoms with Gasteiger partial charge in [0.1, 0.15) is 0 Å². The molecule has 6 rings (SSSR count). The molecule has 1 atom stereocenters. The number of nitrogens with zero attached hydrogens (tertiary/aromatic N) is 2. The largest absolute Gasteiger partial charge is 0.347 e. The molecular formula is C26H29N3O2S. The van der Waals surface area contributed by atoms with Crippen molar-refractivity contribution in [2.75, 3.05) is 33.2 Å². The Balaban J connectivity index is 1.43. The molecule has 166 valence electrons. The first kappa shape index (κ1) is 21.2. The SMILES string of the molecule is CCN(C)C(=O)c1cccc(-c2cccc3cc(C(=O)NC4CN5CCC4CC5)sc23)c1. The molecule has 1 N–H and O–H groups in total. The monoisotopic (exact) mass is 447 g/mol. The molecule has 2 amide bonds. The Hall–Kier alpha value is -2.70. The average Bonchev–Trinajstić information content (AvgIpc) is 3.29. The molecule has 4 heterocycles. The smallest absolute Gasteiger partial charge is 0.261 e. The second kappa shape index (κ2) is 8.68. The van der Waals surface area contributed by atoms with Gasteiger partial charge in [0.2, 0.25) is 0 Å². The minimum absolute atomic E-state index is 0.0188. The van der Waals surface area contributed by atoms with Crippen LogP contribution in [0.3, 0.4) is 0 Å². The molecule has 2 bridgehead atoms. The van der Waals surface area contributed by atoms with Crippen LogP contribution in [0.4, 0.5) is 0 Å². The third-order valence-corrected chi connectivity index (χ3v) is 8.17. The van der Waals surface area contributed by atoms with Crippen molar-refractivity contribution >= 4 is 33.2 Å². The van der Waals surface area contributed by atoms with Crippen molar-refractivity contribution in [2.45, 2.75) is 25.8 Å². The lowest BCUT2D eigenvalue weighted by molar-refractivity contribution is 0.0622. The van der Waals surface area contributed by atoms with Crippen LogP contribution in [0.2, 0.25) is 0 Å². The standard InChI is InChI=1S/C26H29N3O2S/c1-3-28(2)26(31)20-8-4-6-18(14-20)21-9-5-7-19-15-23(32-24(19)21)25(30)27-22-16-29-12-10-17(22)11-13-29/h4-9,14-15,17,22H,3,10-13,16H2,1-2H3,(H,27,30). The third-order valence-electron chi connectivity index (χ3n) is 6.98. The summed E-state index contributed by atoms with van der Waals surface area (Å²) in [6.07, 6.45) is 2.37. The van der Waals surface area contributed by atoms with Crippen molar-refractivity contribution < 1.29 is 9.59 Å². The van der Waals surface area contributed by atoms with E-state index in [9.17, 15) is 9.59 Å². The van der Waals surface area contributed by atoms with Crippen LogP contribution in [0.1, 0.15) is 39.8 Å². The first-order valence-corrected chi connectivity index (χ1v) is 12.3. The summed E-state index contributed by atoms with van der Waals surface area (Å²) >= 11 is 1.54. The van der Waals surface area contributed by atoms with Gasteiger partial charge < -0.3 is 15.1 Å². The van der Waals surface area contributed by atoms with Crippen molar-refractivity contribution in [3.63, 3.8) is 0 Å². The Labute approximate surface area is 193 Å². The van der Waals surface area contributed by atoms with E-state index in [0.29, 0.717) is 18.0 Å². The Bertz CT molecular complexity index is 1160. The number of carbonyl (C=O) groups is 2. The van der Waals surface area contributed by atoms with Gasteiger partial charge in [-0.3, -0.25) is 9.59 Å². The van der Waals surface area contributed by atoms with Crippen LogP contribution in [0, 0.1) is 5.92 Å². The summed E-state index contributed by atoms with van der Waals surface area (Å²) < 4.78 is 1.08. The molecule has 3 saturated heterocycles. The molecule has 0 aliphatic carbocycles. The quantitative estimate of drug-likeness (QED) is 0.627. The number of hydrogen-bond donors (Lipinski definition) is 1. The number of thiophene rings is 1. The molecule has 3 aliphatic heterocycles. The maximum Gasteiger partial charge on any atom is 0.261 e. The molecule has 6 heteroatoms. The molecule has 3 aliphatic rings. The predicted octanol–water partition coefficient (Wildman–Crippen LogP) is 4.48. The van der Waals surface area contributed by atoms with Gasteiger partial charge in [0, 0.05) is 36.4 Å². The van der Waals surface area contributed by atoms with Gasteiger partial charge in [-0.1, -0.05) is 30.3 Å². The van der Waals surface area contributed by atoms with Gasteiger partial charge in [-0.15, -0.1) is 11.3 Å². The van der Waals surface area contributed by atoms with E-state index in [2.05, 4.69) is 22.3 Å². The number of nitrogens with one attached hydrogen (secondary N) is 1. The summed E-state index contributed by atoms with van der Waals surface area (Å²) in [4.78, 5) is 30.6. The van der Waals surface area contributed by atoms with Crippen molar-refractivity contribution in [3.05, 3.63) is 59.0 Å². The molecule has 5 nitrogen and oxygen atoms in total. The highest BCUT2D eigenvalue weighted by atomic mass is 32.1. The fourth-order valence-electron chi connectivity index (χ4n) is 4.95. The zero-order valence-corrected chi connectivity index (χ0v) is 19.5. The molecular weight excluding hydrogens is 418 g/mol. The van der Waals surface area contributed by atoms with Crippen LogP contribution in [-0.2, 0) is 0 Å². The van der Waals surface area contributed by atoms with Crippen molar-refractivity contribution in [2.24, 2.45) is 5.92 Å². The molecule has 1 unspecified atom stereocenters. The normalized spacial score (nSPS) is 22.1. The lowest BCUT2D eigenvalue weighted by atomic mass is 9.84. The zero-order chi connectivity index (χ0) is 22.2. The highest BCUT2D eigenvalue weighted by Gasteiger charge is 2.35. The van der Waals surface area contributed by atoms with Gasteiger partial charge in [0.25, 0.3) is 11.8 Å². The fraction of sp³-hybridized carbons (Fsp3) is 0.385. The van der Waals surface area contributed by atoms with Crippen LogP contribution in [0.25, 0.3) is 21.2 Å². The molecule has 3 fully saturated rings. The number of piperidine rings is 3. The van der Waals surface area contributed by atoms with Gasteiger partial charge in [-0.25, -0.2) is 0 Å². The number of amides is 2. The number of fused-ring (bicyclic) bond motifs is 4. The summed E-state index contributed by atoms with van der Waals surface area (Å²) in [6.45, 7) is 5.94. The van der Waals surface area contributed by atoms with Gasteiger partial charge in [0.05, 0.1) is 4.88 Å². The van der Waals surface area contributed by atoms with E-state index < -0.39 is 0 Å².